The highest BCUT2D eigenvalue weighted by Crippen LogP contribution is 2.05. The zero-order valence-corrected chi connectivity index (χ0v) is 5.82. The van der Waals surface area contributed by atoms with Crippen LogP contribution in [0.4, 0.5) is 0 Å². The van der Waals surface area contributed by atoms with Gasteiger partial charge in [0.1, 0.15) is 5.75 Å². The van der Waals surface area contributed by atoms with Crippen LogP contribution in [0, 0.1) is 0 Å². The second-order valence-electron chi connectivity index (χ2n) is 1.78. The maximum Gasteiger partial charge on any atom is 0.144 e. The van der Waals surface area contributed by atoms with Crippen molar-refractivity contribution in [2.45, 2.75) is 6.92 Å². The van der Waals surface area contributed by atoms with Crippen molar-refractivity contribution in [1.29, 1.82) is 0 Å². The van der Waals surface area contributed by atoms with Gasteiger partial charge < -0.3 is 4.74 Å². The van der Waals surface area contributed by atoms with Crippen molar-refractivity contribution in [3.8, 4) is 5.75 Å². The average molecular weight is 135 g/mol. The van der Waals surface area contributed by atoms with Gasteiger partial charge in [0.25, 0.3) is 0 Å². The van der Waals surface area contributed by atoms with Crippen molar-refractivity contribution in [3.05, 3.63) is 36.9 Å². The first-order valence-corrected chi connectivity index (χ1v) is 3.11. The van der Waals surface area contributed by atoms with Crippen LogP contribution in [0.3, 0.4) is 0 Å². The molecule has 0 aliphatic rings. The van der Waals surface area contributed by atoms with Crippen molar-refractivity contribution in [1.82, 2.24) is 4.98 Å². The molecule has 10 heavy (non-hydrogen) atoms. The Hall–Kier alpha value is -1.31. The van der Waals surface area contributed by atoms with E-state index in [-0.39, 0.29) is 0 Å². The quantitative estimate of drug-likeness (QED) is 0.578. The second-order valence-corrected chi connectivity index (χ2v) is 1.78. The molecule has 1 aromatic rings. The van der Waals surface area contributed by atoms with E-state index in [0.29, 0.717) is 0 Å². The van der Waals surface area contributed by atoms with Crippen LogP contribution < -0.4 is 4.74 Å². The van der Waals surface area contributed by atoms with Gasteiger partial charge in [0, 0.05) is 6.20 Å². The summed E-state index contributed by atoms with van der Waals surface area (Å²) < 4.78 is 5.11. The third kappa shape index (κ3) is 1.90. The number of rotatable bonds is 2. The first-order chi connectivity index (χ1) is 4.93. The zero-order chi connectivity index (χ0) is 7.23. The molecule has 0 bridgehead atoms. The Morgan fingerprint density at radius 3 is 3.10 bits per heavy atom. The normalized spacial score (nSPS) is 10.1. The van der Waals surface area contributed by atoms with Gasteiger partial charge in [-0.2, -0.15) is 0 Å². The van der Waals surface area contributed by atoms with E-state index in [1.54, 1.807) is 18.7 Å². The summed E-state index contributed by atoms with van der Waals surface area (Å²) in [4.78, 5) is 3.88. The molecule has 0 saturated carbocycles. The molecule has 0 aliphatic carbocycles. The Labute approximate surface area is 60.2 Å². The van der Waals surface area contributed by atoms with Gasteiger partial charge in [-0.25, -0.2) is 0 Å². The summed E-state index contributed by atoms with van der Waals surface area (Å²) in [6.45, 7) is 1.90. The van der Waals surface area contributed by atoms with Gasteiger partial charge in [0.2, 0.25) is 0 Å². The molecule has 0 radical (unpaired) electrons. The Morgan fingerprint density at radius 2 is 2.50 bits per heavy atom. The number of ether oxygens (including phenoxy) is 1. The highest BCUT2D eigenvalue weighted by Gasteiger charge is 1.84. The number of aromatic nitrogens is 1. The Morgan fingerprint density at radius 1 is 1.60 bits per heavy atom. The highest BCUT2D eigenvalue weighted by atomic mass is 16.5. The van der Waals surface area contributed by atoms with E-state index in [0.717, 1.165) is 5.75 Å². The molecule has 1 heterocycles. The highest BCUT2D eigenvalue weighted by molar-refractivity contribution is 5.16. The van der Waals surface area contributed by atoms with Crippen LogP contribution in [0.25, 0.3) is 0 Å². The third-order valence-corrected chi connectivity index (χ3v) is 0.975. The van der Waals surface area contributed by atoms with Crippen LogP contribution >= 0.6 is 0 Å². The summed E-state index contributed by atoms with van der Waals surface area (Å²) in [5, 5.41) is 0. The molecule has 1 rings (SSSR count). The van der Waals surface area contributed by atoms with E-state index < -0.39 is 0 Å². The van der Waals surface area contributed by atoms with E-state index in [1.807, 2.05) is 25.1 Å². The molecule has 52 valence electrons. The average Bonchev–Trinajstić information content (AvgIpc) is 2.03. The molecule has 0 fully saturated rings. The molecule has 0 atom stereocenters. The maximum atomic E-state index is 5.11. The third-order valence-electron chi connectivity index (χ3n) is 0.975. The summed E-state index contributed by atoms with van der Waals surface area (Å²) in [6, 6.07) is 3.69. The van der Waals surface area contributed by atoms with Crippen molar-refractivity contribution < 1.29 is 4.74 Å². The first-order valence-electron chi connectivity index (χ1n) is 3.11. The van der Waals surface area contributed by atoms with E-state index in [1.165, 1.54) is 0 Å². The number of hydrogen-bond donors (Lipinski definition) is 0. The topological polar surface area (TPSA) is 22.1 Å². The molecule has 2 nitrogen and oxygen atoms in total. The van der Waals surface area contributed by atoms with Crippen LogP contribution in [0.1, 0.15) is 6.92 Å². The van der Waals surface area contributed by atoms with E-state index in [4.69, 9.17) is 4.74 Å². The molecule has 0 amide bonds. The number of allylic oxidation sites excluding steroid dienone is 1. The van der Waals surface area contributed by atoms with Crippen LogP contribution in [-0.4, -0.2) is 4.98 Å². The summed E-state index contributed by atoms with van der Waals surface area (Å²) >= 11 is 0. The summed E-state index contributed by atoms with van der Waals surface area (Å²) in [5.74, 6) is 0.764. The van der Waals surface area contributed by atoms with Crippen LogP contribution in [0.5, 0.6) is 5.75 Å². The smallest absolute Gasteiger partial charge is 0.144 e. The molecule has 0 unspecified atom stereocenters. The van der Waals surface area contributed by atoms with Crippen LogP contribution in [-0.2, 0) is 0 Å². The van der Waals surface area contributed by atoms with Gasteiger partial charge in [-0.3, -0.25) is 4.98 Å². The molecular weight excluding hydrogens is 126 g/mol. The van der Waals surface area contributed by atoms with Crippen LogP contribution in [0.2, 0.25) is 0 Å². The second kappa shape index (κ2) is 3.67. The fourth-order valence-corrected chi connectivity index (χ4v) is 0.563. The van der Waals surface area contributed by atoms with Gasteiger partial charge in [-0.15, -0.1) is 0 Å². The lowest BCUT2D eigenvalue weighted by Gasteiger charge is -1.95. The lowest BCUT2D eigenvalue weighted by atomic mass is 10.5. The molecule has 0 aromatic carbocycles. The standard InChI is InChI=1S/C8H9NO/c1-2-6-10-8-4-3-5-9-7-8/h2-7H,1H3. The summed E-state index contributed by atoms with van der Waals surface area (Å²) in [6.07, 6.45) is 6.83. The molecule has 0 aliphatic heterocycles. The zero-order valence-electron chi connectivity index (χ0n) is 5.82. The van der Waals surface area contributed by atoms with Crippen molar-refractivity contribution in [3.63, 3.8) is 0 Å². The maximum absolute atomic E-state index is 5.11. The lowest BCUT2D eigenvalue weighted by molar-refractivity contribution is 0.478. The molecule has 0 saturated heterocycles. The van der Waals surface area contributed by atoms with Crippen molar-refractivity contribution >= 4 is 0 Å². The fraction of sp³-hybridized carbons (Fsp3) is 0.125. The Kier molecular flexibility index (Phi) is 2.49. The minimum atomic E-state index is 0.764. The Bertz CT molecular complexity index is 206. The summed E-state index contributed by atoms with van der Waals surface area (Å²) in [7, 11) is 0. The SMILES string of the molecule is CC=COc1cccnc1. The van der Waals surface area contributed by atoms with Crippen LogP contribution in [0.15, 0.2) is 36.9 Å². The predicted molar refractivity (Wildman–Crippen MR) is 39.7 cm³/mol. The number of nitrogens with zero attached hydrogens (tertiary/aromatic N) is 1. The molecule has 2 heteroatoms. The largest absolute Gasteiger partial charge is 0.464 e. The predicted octanol–water partition coefficient (Wildman–Crippen LogP) is 1.99. The lowest BCUT2D eigenvalue weighted by Crippen LogP contribution is -1.80. The molecular formula is C8H9NO. The van der Waals surface area contributed by atoms with Crippen molar-refractivity contribution in [2.24, 2.45) is 0 Å². The molecule has 0 N–H and O–H groups in total. The van der Waals surface area contributed by atoms with Gasteiger partial charge in [0.05, 0.1) is 12.5 Å². The van der Waals surface area contributed by atoms with Gasteiger partial charge in [-0.05, 0) is 19.1 Å². The van der Waals surface area contributed by atoms with E-state index in [2.05, 4.69) is 4.98 Å². The van der Waals surface area contributed by atoms with Gasteiger partial charge in [-0.1, -0.05) is 6.08 Å². The first kappa shape index (κ1) is 6.81. The van der Waals surface area contributed by atoms with E-state index >= 15 is 0 Å². The number of pyridine rings is 1. The molecule has 1 aromatic heterocycles. The van der Waals surface area contributed by atoms with Crippen molar-refractivity contribution in [2.75, 3.05) is 0 Å². The van der Waals surface area contributed by atoms with Gasteiger partial charge >= 0.3 is 0 Å². The minimum Gasteiger partial charge on any atom is -0.464 e. The monoisotopic (exact) mass is 135 g/mol. The number of hydrogen-bond acceptors (Lipinski definition) is 2. The van der Waals surface area contributed by atoms with Gasteiger partial charge in [0.15, 0.2) is 0 Å². The minimum absolute atomic E-state index is 0.764. The fourth-order valence-electron chi connectivity index (χ4n) is 0.563. The molecule has 0 spiro atoms. The van der Waals surface area contributed by atoms with E-state index in [9.17, 15) is 0 Å². The summed E-state index contributed by atoms with van der Waals surface area (Å²) in [5.41, 5.74) is 0. The Balaban J connectivity index is 2.59.